The molecular formula is C7H14O5. The Bertz CT molecular complexity index is 162. The molecular weight excluding hydrogens is 164 g/mol. The summed E-state index contributed by atoms with van der Waals surface area (Å²) < 4.78 is 4.88. The summed E-state index contributed by atoms with van der Waals surface area (Å²) >= 11 is 0. The topological polar surface area (TPSA) is 90.2 Å². The lowest BCUT2D eigenvalue weighted by molar-refractivity contribution is -0.245. The van der Waals surface area contributed by atoms with Gasteiger partial charge in [0.1, 0.15) is 12.2 Å². The van der Waals surface area contributed by atoms with Crippen LogP contribution in [0.4, 0.5) is 0 Å². The number of ether oxygens (including phenoxy) is 1. The normalized spacial score (nSPS) is 48.2. The Labute approximate surface area is 70.2 Å². The molecule has 0 saturated carbocycles. The first-order valence-corrected chi connectivity index (χ1v) is 3.92. The summed E-state index contributed by atoms with van der Waals surface area (Å²) in [6, 6.07) is 0. The molecule has 0 bridgehead atoms. The average molecular weight is 178 g/mol. The molecule has 1 fully saturated rings. The predicted octanol–water partition coefficient (Wildman–Crippen LogP) is -1.80. The van der Waals surface area contributed by atoms with Crippen LogP contribution in [0.1, 0.15) is 13.3 Å². The van der Waals surface area contributed by atoms with E-state index in [2.05, 4.69) is 0 Å². The third kappa shape index (κ3) is 1.34. The third-order valence-corrected chi connectivity index (χ3v) is 2.15. The quantitative estimate of drug-likeness (QED) is 0.400. The molecule has 5 nitrogen and oxygen atoms in total. The van der Waals surface area contributed by atoms with Gasteiger partial charge in [0.15, 0.2) is 0 Å². The van der Waals surface area contributed by atoms with Crippen molar-refractivity contribution in [2.75, 3.05) is 6.61 Å². The second-order valence-corrected chi connectivity index (χ2v) is 3.00. The largest absolute Gasteiger partial charge is 0.391 e. The lowest BCUT2D eigenvalue weighted by atomic mass is 10.0. The van der Waals surface area contributed by atoms with Crippen LogP contribution in [0.5, 0.6) is 0 Å². The van der Waals surface area contributed by atoms with Gasteiger partial charge in [-0.1, -0.05) is 6.92 Å². The molecule has 0 spiro atoms. The molecule has 1 rings (SSSR count). The van der Waals surface area contributed by atoms with Gasteiger partial charge in [0, 0.05) is 0 Å². The maximum Gasteiger partial charge on any atom is 0.219 e. The van der Waals surface area contributed by atoms with Crippen LogP contribution in [0, 0.1) is 0 Å². The van der Waals surface area contributed by atoms with Crippen LogP contribution in [-0.2, 0) is 4.74 Å². The van der Waals surface area contributed by atoms with Crippen LogP contribution in [-0.4, -0.2) is 51.1 Å². The first-order chi connectivity index (χ1) is 5.55. The molecule has 0 amide bonds. The monoisotopic (exact) mass is 178 g/mol. The van der Waals surface area contributed by atoms with Crippen LogP contribution in [0.2, 0.25) is 0 Å². The van der Waals surface area contributed by atoms with E-state index in [1.807, 2.05) is 0 Å². The molecule has 72 valence electrons. The van der Waals surface area contributed by atoms with Crippen molar-refractivity contribution in [3.05, 3.63) is 0 Å². The molecule has 1 saturated heterocycles. The molecule has 1 aliphatic rings. The Morgan fingerprint density at radius 2 is 2.00 bits per heavy atom. The molecule has 4 atom stereocenters. The Morgan fingerprint density at radius 1 is 1.42 bits per heavy atom. The van der Waals surface area contributed by atoms with Crippen molar-refractivity contribution in [3.8, 4) is 0 Å². The Kier molecular flexibility index (Phi) is 2.70. The van der Waals surface area contributed by atoms with Gasteiger partial charge in [-0.15, -0.1) is 0 Å². The number of hydrogen-bond donors (Lipinski definition) is 4. The van der Waals surface area contributed by atoms with Gasteiger partial charge in [0.05, 0.1) is 12.7 Å². The molecule has 4 N–H and O–H groups in total. The second kappa shape index (κ2) is 3.27. The fraction of sp³-hybridized carbons (Fsp3) is 1.00. The zero-order chi connectivity index (χ0) is 9.35. The van der Waals surface area contributed by atoms with Crippen molar-refractivity contribution in [2.24, 2.45) is 0 Å². The molecule has 5 heteroatoms. The lowest BCUT2D eigenvalue weighted by Gasteiger charge is -2.22. The molecule has 0 aromatic carbocycles. The van der Waals surface area contributed by atoms with Gasteiger partial charge in [-0.05, 0) is 6.42 Å². The maximum absolute atomic E-state index is 9.36. The zero-order valence-electron chi connectivity index (χ0n) is 6.84. The van der Waals surface area contributed by atoms with Crippen molar-refractivity contribution in [3.63, 3.8) is 0 Å². The van der Waals surface area contributed by atoms with Crippen molar-refractivity contribution < 1.29 is 25.2 Å². The standard InChI is InChI=1S/C7H14O5/c1-2-4-5(9)6(10)7(11,3-8)12-4/h4-6,8-11H,2-3H2,1H3. The van der Waals surface area contributed by atoms with Crippen LogP contribution in [0.15, 0.2) is 0 Å². The van der Waals surface area contributed by atoms with Gasteiger partial charge >= 0.3 is 0 Å². The molecule has 0 radical (unpaired) electrons. The van der Waals surface area contributed by atoms with Gasteiger partial charge in [-0.2, -0.15) is 0 Å². The highest BCUT2D eigenvalue weighted by Gasteiger charge is 2.52. The smallest absolute Gasteiger partial charge is 0.219 e. The molecule has 0 aromatic heterocycles. The van der Waals surface area contributed by atoms with Gasteiger partial charge in [0.25, 0.3) is 0 Å². The Morgan fingerprint density at radius 3 is 2.25 bits per heavy atom. The fourth-order valence-electron chi connectivity index (χ4n) is 1.33. The van der Waals surface area contributed by atoms with E-state index in [1.165, 1.54) is 0 Å². The fourth-order valence-corrected chi connectivity index (χ4v) is 1.33. The van der Waals surface area contributed by atoms with Crippen molar-refractivity contribution in [1.29, 1.82) is 0 Å². The van der Waals surface area contributed by atoms with Crippen LogP contribution < -0.4 is 0 Å². The number of aliphatic hydroxyl groups is 4. The number of aliphatic hydroxyl groups excluding tert-OH is 3. The summed E-state index contributed by atoms with van der Waals surface area (Å²) in [7, 11) is 0. The van der Waals surface area contributed by atoms with E-state index in [4.69, 9.17) is 9.84 Å². The highest BCUT2D eigenvalue weighted by Crippen LogP contribution is 2.30. The van der Waals surface area contributed by atoms with E-state index in [0.717, 1.165) is 0 Å². The molecule has 1 heterocycles. The van der Waals surface area contributed by atoms with Gasteiger partial charge in [-0.25, -0.2) is 0 Å². The summed E-state index contributed by atoms with van der Waals surface area (Å²) in [6.45, 7) is 1.03. The van der Waals surface area contributed by atoms with Gasteiger partial charge in [0.2, 0.25) is 5.79 Å². The van der Waals surface area contributed by atoms with Gasteiger partial charge < -0.3 is 25.2 Å². The molecule has 12 heavy (non-hydrogen) atoms. The average Bonchev–Trinajstić information content (AvgIpc) is 2.31. The van der Waals surface area contributed by atoms with E-state index in [9.17, 15) is 15.3 Å². The van der Waals surface area contributed by atoms with E-state index in [0.29, 0.717) is 6.42 Å². The van der Waals surface area contributed by atoms with Crippen LogP contribution in [0.3, 0.4) is 0 Å². The van der Waals surface area contributed by atoms with Gasteiger partial charge in [-0.3, -0.25) is 0 Å². The molecule has 0 aliphatic carbocycles. The highest BCUT2D eigenvalue weighted by atomic mass is 16.7. The molecule has 4 unspecified atom stereocenters. The first kappa shape index (κ1) is 9.88. The maximum atomic E-state index is 9.36. The van der Waals surface area contributed by atoms with Crippen molar-refractivity contribution in [2.45, 2.75) is 37.4 Å². The highest BCUT2D eigenvalue weighted by molar-refractivity contribution is 4.94. The van der Waals surface area contributed by atoms with Crippen molar-refractivity contribution in [1.82, 2.24) is 0 Å². The SMILES string of the molecule is CCC1OC(O)(CO)C(O)C1O. The van der Waals surface area contributed by atoms with Crippen LogP contribution in [0.25, 0.3) is 0 Å². The first-order valence-electron chi connectivity index (χ1n) is 3.92. The Balaban J connectivity index is 2.72. The van der Waals surface area contributed by atoms with Crippen molar-refractivity contribution >= 4 is 0 Å². The minimum absolute atomic E-state index is 0.473. The summed E-state index contributed by atoms with van der Waals surface area (Å²) in [5.41, 5.74) is 0. The third-order valence-electron chi connectivity index (χ3n) is 2.15. The van der Waals surface area contributed by atoms with E-state index in [1.54, 1.807) is 6.92 Å². The second-order valence-electron chi connectivity index (χ2n) is 3.00. The number of rotatable bonds is 2. The summed E-state index contributed by atoms with van der Waals surface area (Å²) in [5, 5.41) is 36.6. The summed E-state index contributed by atoms with van der Waals surface area (Å²) in [6.07, 6.45) is -2.71. The van der Waals surface area contributed by atoms with E-state index >= 15 is 0 Å². The molecule has 1 aliphatic heterocycles. The van der Waals surface area contributed by atoms with Crippen LogP contribution >= 0.6 is 0 Å². The number of hydrogen-bond acceptors (Lipinski definition) is 5. The zero-order valence-corrected chi connectivity index (χ0v) is 6.84. The summed E-state index contributed by atoms with van der Waals surface area (Å²) in [4.78, 5) is 0. The lowest BCUT2D eigenvalue weighted by Crippen LogP contribution is -2.46. The van der Waals surface area contributed by atoms with E-state index < -0.39 is 30.7 Å². The summed E-state index contributed by atoms with van der Waals surface area (Å²) in [5.74, 6) is -2.00. The minimum atomic E-state index is -2.00. The Hall–Kier alpha value is -0.200. The molecule has 0 aromatic rings. The minimum Gasteiger partial charge on any atom is -0.391 e. The van der Waals surface area contributed by atoms with E-state index in [-0.39, 0.29) is 0 Å². The predicted molar refractivity (Wildman–Crippen MR) is 39.2 cm³/mol.